The van der Waals surface area contributed by atoms with Crippen molar-refractivity contribution in [3.05, 3.63) is 101 Å². The summed E-state index contributed by atoms with van der Waals surface area (Å²) in [5.41, 5.74) is 1.51. The average molecular weight is 433 g/mol. The van der Waals surface area contributed by atoms with Crippen LogP contribution >= 0.6 is 11.6 Å². The van der Waals surface area contributed by atoms with Crippen molar-refractivity contribution < 1.29 is 19.1 Å². The standard InChI is InChI=1S/C24H17ClN2O4/c25-19-11-5-6-12-20(19)27-23(29)18(22(28)26-24(27)30)14-17-10-4-7-13-21(17)31-15-16-8-2-1-3-9-16/h1-14H,15H2,(H,26,28,30)/b18-14+. The number of rotatable bonds is 5. The van der Waals surface area contributed by atoms with Crippen LogP contribution in [0.2, 0.25) is 5.02 Å². The fraction of sp³-hybridized carbons (Fsp3) is 0.0417. The first-order valence-corrected chi connectivity index (χ1v) is 9.84. The highest BCUT2D eigenvalue weighted by Crippen LogP contribution is 2.30. The molecule has 1 fully saturated rings. The SMILES string of the molecule is O=C1NC(=O)N(c2ccccc2Cl)C(=O)/C1=C/c1ccccc1OCc1ccccc1. The second kappa shape index (κ2) is 8.85. The van der Waals surface area contributed by atoms with Crippen LogP contribution in [0.3, 0.4) is 0 Å². The zero-order chi connectivity index (χ0) is 21.8. The number of benzene rings is 3. The maximum absolute atomic E-state index is 13.1. The molecule has 1 aliphatic heterocycles. The number of hydrogen-bond donors (Lipinski definition) is 1. The summed E-state index contributed by atoms with van der Waals surface area (Å²) in [6.45, 7) is 0.325. The highest BCUT2D eigenvalue weighted by Gasteiger charge is 2.37. The van der Waals surface area contributed by atoms with Crippen LogP contribution in [0.5, 0.6) is 5.75 Å². The number of barbiturate groups is 1. The highest BCUT2D eigenvalue weighted by molar-refractivity contribution is 6.42. The second-order valence-corrected chi connectivity index (χ2v) is 7.13. The molecule has 0 saturated carbocycles. The Morgan fingerprint density at radius 1 is 0.871 bits per heavy atom. The van der Waals surface area contributed by atoms with E-state index in [9.17, 15) is 14.4 Å². The van der Waals surface area contributed by atoms with Gasteiger partial charge >= 0.3 is 6.03 Å². The summed E-state index contributed by atoms with van der Waals surface area (Å²) in [6.07, 6.45) is 1.41. The molecule has 0 bridgehead atoms. The van der Waals surface area contributed by atoms with E-state index < -0.39 is 17.8 Å². The Morgan fingerprint density at radius 3 is 2.32 bits per heavy atom. The largest absolute Gasteiger partial charge is 0.488 e. The lowest BCUT2D eigenvalue weighted by molar-refractivity contribution is -0.122. The minimum atomic E-state index is -0.853. The van der Waals surface area contributed by atoms with Gasteiger partial charge in [-0.2, -0.15) is 0 Å². The van der Waals surface area contributed by atoms with E-state index in [1.807, 2.05) is 30.3 Å². The topological polar surface area (TPSA) is 75.7 Å². The lowest BCUT2D eigenvalue weighted by Gasteiger charge is -2.27. The Kier molecular flexibility index (Phi) is 5.82. The van der Waals surface area contributed by atoms with E-state index in [1.165, 1.54) is 12.1 Å². The second-order valence-electron chi connectivity index (χ2n) is 6.72. The fourth-order valence-corrected chi connectivity index (χ4v) is 3.35. The summed E-state index contributed by atoms with van der Waals surface area (Å²) in [5, 5.41) is 2.41. The summed E-state index contributed by atoms with van der Waals surface area (Å²) in [5.74, 6) is -1.04. The maximum Gasteiger partial charge on any atom is 0.335 e. The maximum atomic E-state index is 13.1. The van der Waals surface area contributed by atoms with Gasteiger partial charge in [0.1, 0.15) is 17.9 Å². The molecule has 154 valence electrons. The van der Waals surface area contributed by atoms with E-state index in [2.05, 4.69) is 5.32 Å². The van der Waals surface area contributed by atoms with Crippen molar-refractivity contribution in [3.8, 4) is 5.75 Å². The van der Waals surface area contributed by atoms with Gasteiger partial charge in [0.05, 0.1) is 10.7 Å². The first-order valence-electron chi connectivity index (χ1n) is 9.46. The molecule has 31 heavy (non-hydrogen) atoms. The summed E-state index contributed by atoms with van der Waals surface area (Å²) < 4.78 is 5.90. The van der Waals surface area contributed by atoms with Gasteiger partial charge in [0.15, 0.2) is 0 Å². The van der Waals surface area contributed by atoms with Crippen LogP contribution in [0.4, 0.5) is 10.5 Å². The molecular weight excluding hydrogens is 416 g/mol. The summed E-state index contributed by atoms with van der Waals surface area (Å²) in [4.78, 5) is 38.7. The van der Waals surface area contributed by atoms with Gasteiger partial charge in [0, 0.05) is 5.56 Å². The molecule has 7 heteroatoms. The van der Waals surface area contributed by atoms with E-state index in [0.717, 1.165) is 10.5 Å². The predicted octanol–water partition coefficient (Wildman–Crippen LogP) is 4.59. The first kappa shape index (κ1) is 20.4. The number of imide groups is 2. The number of nitrogens with one attached hydrogen (secondary N) is 1. The number of carbonyl (C=O) groups excluding carboxylic acids is 3. The summed E-state index contributed by atoms with van der Waals surface area (Å²) >= 11 is 6.16. The van der Waals surface area contributed by atoms with Crippen molar-refractivity contribution in [2.45, 2.75) is 6.61 Å². The third-order valence-electron chi connectivity index (χ3n) is 4.65. The molecule has 4 amide bonds. The van der Waals surface area contributed by atoms with E-state index >= 15 is 0 Å². The zero-order valence-electron chi connectivity index (χ0n) is 16.2. The van der Waals surface area contributed by atoms with Crippen LogP contribution in [0.25, 0.3) is 6.08 Å². The van der Waals surface area contributed by atoms with Crippen LogP contribution in [-0.4, -0.2) is 17.8 Å². The molecule has 4 rings (SSSR count). The minimum absolute atomic E-state index is 0.193. The third kappa shape index (κ3) is 4.34. The van der Waals surface area contributed by atoms with Crippen LogP contribution in [-0.2, 0) is 16.2 Å². The molecule has 1 saturated heterocycles. The molecule has 1 N–H and O–H groups in total. The Bertz CT molecular complexity index is 1190. The number of anilines is 1. The summed E-state index contributed by atoms with van der Waals surface area (Å²) in [6, 6.07) is 22.2. The van der Waals surface area contributed by atoms with Gasteiger partial charge in [-0.3, -0.25) is 14.9 Å². The molecule has 0 unspecified atom stereocenters. The van der Waals surface area contributed by atoms with Crippen LogP contribution in [0, 0.1) is 0 Å². The van der Waals surface area contributed by atoms with Crippen molar-refractivity contribution in [1.82, 2.24) is 5.32 Å². The normalized spacial score (nSPS) is 15.2. The monoisotopic (exact) mass is 432 g/mol. The van der Waals surface area contributed by atoms with Crippen molar-refractivity contribution in [2.24, 2.45) is 0 Å². The van der Waals surface area contributed by atoms with Crippen molar-refractivity contribution in [3.63, 3.8) is 0 Å². The molecule has 0 aromatic heterocycles. The molecule has 0 radical (unpaired) electrons. The number of hydrogen-bond acceptors (Lipinski definition) is 4. The van der Waals surface area contributed by atoms with Crippen LogP contribution in [0.1, 0.15) is 11.1 Å². The Hall–Kier alpha value is -3.90. The third-order valence-corrected chi connectivity index (χ3v) is 4.97. The molecule has 1 aliphatic rings. The quantitative estimate of drug-likeness (QED) is 0.472. The Balaban J connectivity index is 1.66. The molecule has 0 atom stereocenters. The van der Waals surface area contributed by atoms with Gasteiger partial charge in [-0.25, -0.2) is 9.69 Å². The average Bonchev–Trinajstić information content (AvgIpc) is 2.78. The molecule has 0 aliphatic carbocycles. The number of carbonyl (C=O) groups is 3. The van der Waals surface area contributed by atoms with E-state index in [1.54, 1.807) is 42.5 Å². The van der Waals surface area contributed by atoms with Crippen LogP contribution < -0.4 is 15.0 Å². The van der Waals surface area contributed by atoms with Crippen LogP contribution in [0.15, 0.2) is 84.4 Å². The number of halogens is 1. The number of nitrogens with zero attached hydrogens (tertiary/aromatic N) is 1. The molecule has 1 heterocycles. The van der Waals surface area contributed by atoms with Gasteiger partial charge in [0.25, 0.3) is 11.8 Å². The van der Waals surface area contributed by atoms with E-state index in [4.69, 9.17) is 16.3 Å². The number of para-hydroxylation sites is 2. The Labute approximate surface area is 183 Å². The van der Waals surface area contributed by atoms with Gasteiger partial charge in [0.2, 0.25) is 0 Å². The van der Waals surface area contributed by atoms with E-state index in [-0.39, 0.29) is 16.3 Å². The zero-order valence-corrected chi connectivity index (χ0v) is 17.0. The van der Waals surface area contributed by atoms with Crippen molar-refractivity contribution in [2.75, 3.05) is 4.90 Å². The van der Waals surface area contributed by atoms with Gasteiger partial charge in [-0.15, -0.1) is 0 Å². The minimum Gasteiger partial charge on any atom is -0.488 e. The highest BCUT2D eigenvalue weighted by atomic mass is 35.5. The number of ether oxygens (including phenoxy) is 1. The summed E-state index contributed by atoms with van der Waals surface area (Å²) in [7, 11) is 0. The fourth-order valence-electron chi connectivity index (χ4n) is 3.13. The molecule has 0 spiro atoms. The van der Waals surface area contributed by atoms with Crippen molar-refractivity contribution >= 4 is 41.2 Å². The van der Waals surface area contributed by atoms with Crippen molar-refractivity contribution in [1.29, 1.82) is 0 Å². The molecular formula is C24H17ClN2O4. The Morgan fingerprint density at radius 2 is 1.55 bits per heavy atom. The number of urea groups is 1. The first-order chi connectivity index (χ1) is 15.0. The number of amides is 4. The van der Waals surface area contributed by atoms with E-state index in [0.29, 0.717) is 17.9 Å². The van der Waals surface area contributed by atoms with Gasteiger partial charge in [-0.05, 0) is 29.8 Å². The molecule has 6 nitrogen and oxygen atoms in total. The smallest absolute Gasteiger partial charge is 0.335 e. The van der Waals surface area contributed by atoms with Gasteiger partial charge < -0.3 is 4.74 Å². The molecule has 3 aromatic rings. The van der Waals surface area contributed by atoms with Gasteiger partial charge in [-0.1, -0.05) is 72.3 Å². The lowest BCUT2D eigenvalue weighted by atomic mass is 10.1. The lowest BCUT2D eigenvalue weighted by Crippen LogP contribution is -2.54. The molecule has 3 aromatic carbocycles. The predicted molar refractivity (Wildman–Crippen MR) is 118 cm³/mol.